The Morgan fingerprint density at radius 2 is 1.48 bits per heavy atom. The van der Waals surface area contributed by atoms with Crippen molar-refractivity contribution >= 4 is 11.9 Å². The maximum absolute atomic E-state index is 12.8. The number of halogens is 6. The largest absolute Gasteiger partial charge is 0.478 e. The van der Waals surface area contributed by atoms with Crippen molar-refractivity contribution in [3.8, 4) is 0 Å². The first-order valence-electron chi connectivity index (χ1n) is 5.71. The van der Waals surface area contributed by atoms with E-state index in [1.165, 1.54) is 0 Å². The zero-order valence-electron chi connectivity index (χ0n) is 11.1. The molecule has 23 heavy (non-hydrogen) atoms. The molecule has 0 saturated carbocycles. The number of ether oxygens (including phenoxy) is 1. The standard InChI is InChI=1S/C13H8F6O4/c1-6(10(20)21)5-23-11(22)9-7(12(14,15)16)3-2-4-8(9)13(17,18)19/h2-4H,1,5H2,(H,20,21). The highest BCUT2D eigenvalue weighted by Gasteiger charge is 2.43. The van der Waals surface area contributed by atoms with Gasteiger partial charge in [-0.2, -0.15) is 26.3 Å². The Bertz CT molecular complexity index is 613. The summed E-state index contributed by atoms with van der Waals surface area (Å²) in [5, 5.41) is 8.48. The van der Waals surface area contributed by atoms with E-state index in [4.69, 9.17) is 5.11 Å². The number of carbonyl (C=O) groups excluding carboxylic acids is 1. The van der Waals surface area contributed by atoms with Crippen molar-refractivity contribution < 1.29 is 45.8 Å². The molecule has 1 aromatic carbocycles. The predicted octanol–water partition coefficient (Wildman–Crippen LogP) is 3.52. The van der Waals surface area contributed by atoms with Crippen LogP contribution in [0.2, 0.25) is 0 Å². The Morgan fingerprint density at radius 3 is 1.83 bits per heavy atom. The second-order valence-corrected chi connectivity index (χ2v) is 4.21. The summed E-state index contributed by atoms with van der Waals surface area (Å²) in [6, 6.07) is 1.08. The van der Waals surface area contributed by atoms with Gasteiger partial charge in [0.05, 0.1) is 22.3 Å². The molecule has 0 aliphatic heterocycles. The van der Waals surface area contributed by atoms with E-state index in [1.54, 1.807) is 0 Å². The predicted molar refractivity (Wildman–Crippen MR) is 63.5 cm³/mol. The number of benzene rings is 1. The maximum atomic E-state index is 12.8. The van der Waals surface area contributed by atoms with Gasteiger partial charge in [-0.1, -0.05) is 12.6 Å². The molecule has 0 saturated heterocycles. The number of carbonyl (C=O) groups is 2. The van der Waals surface area contributed by atoms with Crippen LogP contribution in [0, 0.1) is 0 Å². The molecule has 0 amide bonds. The number of esters is 1. The van der Waals surface area contributed by atoms with Crippen LogP contribution in [-0.2, 0) is 21.9 Å². The lowest BCUT2D eigenvalue weighted by Gasteiger charge is -2.17. The summed E-state index contributed by atoms with van der Waals surface area (Å²) >= 11 is 0. The van der Waals surface area contributed by atoms with Gasteiger partial charge in [-0.25, -0.2) is 9.59 Å². The van der Waals surface area contributed by atoms with Gasteiger partial charge in [0.15, 0.2) is 0 Å². The molecule has 126 valence electrons. The highest BCUT2D eigenvalue weighted by molar-refractivity contribution is 5.94. The average molecular weight is 342 g/mol. The van der Waals surface area contributed by atoms with E-state index in [9.17, 15) is 35.9 Å². The van der Waals surface area contributed by atoms with E-state index < -0.39 is 53.2 Å². The Hall–Kier alpha value is -2.52. The second-order valence-electron chi connectivity index (χ2n) is 4.21. The molecule has 1 aromatic rings. The van der Waals surface area contributed by atoms with E-state index in [0.29, 0.717) is 6.07 Å². The van der Waals surface area contributed by atoms with Crippen LogP contribution in [-0.4, -0.2) is 23.7 Å². The summed E-state index contributed by atoms with van der Waals surface area (Å²) in [5.74, 6) is -3.56. The zero-order valence-corrected chi connectivity index (χ0v) is 11.1. The van der Waals surface area contributed by atoms with Crippen LogP contribution in [0.5, 0.6) is 0 Å². The van der Waals surface area contributed by atoms with Gasteiger partial charge in [0.2, 0.25) is 0 Å². The molecule has 0 heterocycles. The Balaban J connectivity index is 3.33. The molecule has 0 radical (unpaired) electrons. The average Bonchev–Trinajstić information content (AvgIpc) is 2.41. The van der Waals surface area contributed by atoms with E-state index in [2.05, 4.69) is 11.3 Å². The van der Waals surface area contributed by atoms with E-state index in [1.807, 2.05) is 0 Å². The molecular formula is C13H8F6O4. The lowest BCUT2D eigenvalue weighted by atomic mass is 10.00. The quantitative estimate of drug-likeness (QED) is 0.517. The minimum atomic E-state index is -5.24. The molecule has 0 atom stereocenters. The number of carboxylic acid groups (broad SMARTS) is 1. The third kappa shape index (κ3) is 4.47. The molecule has 0 aromatic heterocycles. The van der Waals surface area contributed by atoms with Crippen molar-refractivity contribution in [2.24, 2.45) is 0 Å². The fourth-order valence-corrected chi connectivity index (χ4v) is 1.53. The van der Waals surface area contributed by atoms with Gasteiger partial charge in [0.1, 0.15) is 6.61 Å². The summed E-state index contributed by atoms with van der Waals surface area (Å²) in [6.45, 7) is 1.88. The van der Waals surface area contributed by atoms with Gasteiger partial charge >= 0.3 is 24.3 Å². The molecule has 0 fully saturated rings. The monoisotopic (exact) mass is 342 g/mol. The van der Waals surface area contributed by atoms with Crippen LogP contribution in [0.15, 0.2) is 30.4 Å². The summed E-state index contributed by atoms with van der Waals surface area (Å²) < 4.78 is 81.1. The zero-order chi connectivity index (χ0) is 18.0. The van der Waals surface area contributed by atoms with Gasteiger partial charge in [-0.05, 0) is 12.1 Å². The van der Waals surface area contributed by atoms with Crippen LogP contribution < -0.4 is 0 Å². The highest BCUT2D eigenvalue weighted by Crippen LogP contribution is 2.39. The summed E-state index contributed by atoms with van der Waals surface area (Å²) in [4.78, 5) is 22.1. The highest BCUT2D eigenvalue weighted by atomic mass is 19.4. The summed E-state index contributed by atoms with van der Waals surface area (Å²) in [7, 11) is 0. The van der Waals surface area contributed by atoms with Gasteiger partial charge in [0.25, 0.3) is 0 Å². The third-order valence-electron chi connectivity index (χ3n) is 2.56. The first-order chi connectivity index (χ1) is 10.4. The van der Waals surface area contributed by atoms with Crippen molar-refractivity contribution in [1.29, 1.82) is 0 Å². The Kier molecular flexibility index (Phi) is 5.08. The fraction of sp³-hybridized carbons (Fsp3) is 0.231. The van der Waals surface area contributed by atoms with E-state index in [0.717, 1.165) is 0 Å². The summed E-state index contributed by atoms with van der Waals surface area (Å²) in [6.07, 6.45) is -10.5. The number of alkyl halides is 6. The summed E-state index contributed by atoms with van der Waals surface area (Å²) in [5.41, 5.74) is -6.11. The van der Waals surface area contributed by atoms with Crippen LogP contribution in [0.3, 0.4) is 0 Å². The maximum Gasteiger partial charge on any atom is 0.417 e. The Labute approximate surface area is 125 Å². The molecule has 0 unspecified atom stereocenters. The molecule has 0 aliphatic carbocycles. The van der Waals surface area contributed by atoms with Gasteiger partial charge in [-0.15, -0.1) is 0 Å². The smallest absolute Gasteiger partial charge is 0.417 e. The molecule has 1 rings (SSSR count). The van der Waals surface area contributed by atoms with E-state index in [-0.39, 0.29) is 12.1 Å². The number of hydrogen-bond donors (Lipinski definition) is 1. The molecule has 1 N–H and O–H groups in total. The van der Waals surface area contributed by atoms with Crippen LogP contribution >= 0.6 is 0 Å². The van der Waals surface area contributed by atoms with Crippen LogP contribution in [0.25, 0.3) is 0 Å². The lowest BCUT2D eigenvalue weighted by Crippen LogP contribution is -2.22. The van der Waals surface area contributed by atoms with Gasteiger partial charge < -0.3 is 9.84 Å². The molecule has 10 heteroatoms. The number of carboxylic acids is 1. The minimum Gasteiger partial charge on any atom is -0.478 e. The van der Waals surface area contributed by atoms with Crippen molar-refractivity contribution in [2.45, 2.75) is 12.4 Å². The van der Waals surface area contributed by atoms with E-state index >= 15 is 0 Å². The number of rotatable bonds is 4. The van der Waals surface area contributed by atoms with Crippen molar-refractivity contribution in [3.05, 3.63) is 47.0 Å². The third-order valence-corrected chi connectivity index (χ3v) is 2.56. The lowest BCUT2D eigenvalue weighted by molar-refractivity contribution is -0.144. The fourth-order valence-electron chi connectivity index (χ4n) is 1.53. The first-order valence-corrected chi connectivity index (χ1v) is 5.71. The number of hydrogen-bond acceptors (Lipinski definition) is 3. The van der Waals surface area contributed by atoms with Crippen molar-refractivity contribution in [1.82, 2.24) is 0 Å². The molecule has 0 aliphatic rings. The van der Waals surface area contributed by atoms with Crippen LogP contribution in [0.1, 0.15) is 21.5 Å². The second kappa shape index (κ2) is 6.31. The molecular weight excluding hydrogens is 334 g/mol. The Morgan fingerprint density at radius 1 is 1.04 bits per heavy atom. The SMILES string of the molecule is C=C(COC(=O)c1c(C(F)(F)F)cccc1C(F)(F)F)C(=O)O. The first kappa shape index (κ1) is 18.5. The van der Waals surface area contributed by atoms with Gasteiger partial charge in [-0.3, -0.25) is 0 Å². The van der Waals surface area contributed by atoms with Gasteiger partial charge in [0, 0.05) is 0 Å². The van der Waals surface area contributed by atoms with Crippen LogP contribution in [0.4, 0.5) is 26.3 Å². The topological polar surface area (TPSA) is 63.6 Å². The van der Waals surface area contributed by atoms with Crippen molar-refractivity contribution in [2.75, 3.05) is 6.61 Å². The van der Waals surface area contributed by atoms with Crippen molar-refractivity contribution in [3.63, 3.8) is 0 Å². The molecule has 4 nitrogen and oxygen atoms in total. The number of aliphatic carboxylic acids is 1. The molecule has 0 spiro atoms. The normalized spacial score (nSPS) is 11.9. The molecule has 0 bridgehead atoms. The minimum absolute atomic E-state index is 0.290.